The van der Waals surface area contributed by atoms with Gasteiger partial charge in [0.2, 0.25) is 10.0 Å². The standard InChI is InChI=1S/C16H18N2O3S/c1-12(13-7-4-3-5-8-13)18-16(19)14-9-6-10-15(11-14)22(20,21)17-2/h3-12,17H,1-2H3,(H,18,19). The Balaban J connectivity index is 2.19. The largest absolute Gasteiger partial charge is 0.346 e. The third kappa shape index (κ3) is 3.72. The van der Waals surface area contributed by atoms with Crippen LogP contribution in [0, 0.1) is 0 Å². The molecular weight excluding hydrogens is 300 g/mol. The lowest BCUT2D eigenvalue weighted by molar-refractivity contribution is 0.0939. The van der Waals surface area contributed by atoms with E-state index in [4.69, 9.17) is 0 Å². The highest BCUT2D eigenvalue weighted by atomic mass is 32.2. The lowest BCUT2D eigenvalue weighted by Gasteiger charge is -2.14. The molecule has 2 aromatic rings. The maximum atomic E-state index is 12.3. The molecule has 0 radical (unpaired) electrons. The predicted octanol–water partition coefficient (Wildman–Crippen LogP) is 2.09. The lowest BCUT2D eigenvalue weighted by atomic mass is 10.1. The average molecular weight is 318 g/mol. The zero-order valence-electron chi connectivity index (χ0n) is 12.4. The third-order valence-electron chi connectivity index (χ3n) is 3.32. The summed E-state index contributed by atoms with van der Waals surface area (Å²) in [6.45, 7) is 1.88. The number of sulfonamides is 1. The number of nitrogens with one attached hydrogen (secondary N) is 2. The van der Waals surface area contributed by atoms with Crippen LogP contribution in [0.5, 0.6) is 0 Å². The van der Waals surface area contributed by atoms with Crippen molar-refractivity contribution >= 4 is 15.9 Å². The van der Waals surface area contributed by atoms with Crippen molar-refractivity contribution in [3.05, 3.63) is 65.7 Å². The van der Waals surface area contributed by atoms with Gasteiger partial charge < -0.3 is 5.32 Å². The maximum Gasteiger partial charge on any atom is 0.251 e. The van der Waals surface area contributed by atoms with Gasteiger partial charge in [-0.15, -0.1) is 0 Å². The van der Waals surface area contributed by atoms with E-state index in [2.05, 4.69) is 10.0 Å². The van der Waals surface area contributed by atoms with E-state index < -0.39 is 10.0 Å². The van der Waals surface area contributed by atoms with E-state index in [9.17, 15) is 13.2 Å². The third-order valence-corrected chi connectivity index (χ3v) is 4.73. The molecule has 0 saturated heterocycles. The first-order valence-electron chi connectivity index (χ1n) is 6.83. The minimum absolute atomic E-state index is 0.0648. The minimum atomic E-state index is -3.56. The summed E-state index contributed by atoms with van der Waals surface area (Å²) in [5.41, 5.74) is 1.29. The fraction of sp³-hybridized carbons (Fsp3) is 0.188. The summed E-state index contributed by atoms with van der Waals surface area (Å²) in [6, 6.07) is 15.3. The fourth-order valence-electron chi connectivity index (χ4n) is 2.03. The van der Waals surface area contributed by atoms with Crippen LogP contribution in [0.4, 0.5) is 0 Å². The molecule has 0 spiro atoms. The highest BCUT2D eigenvalue weighted by Gasteiger charge is 2.15. The normalized spacial score (nSPS) is 12.6. The van der Waals surface area contributed by atoms with Gasteiger partial charge in [0.25, 0.3) is 5.91 Å². The molecule has 0 aliphatic rings. The molecule has 2 rings (SSSR count). The SMILES string of the molecule is CNS(=O)(=O)c1cccc(C(=O)NC(C)c2ccccc2)c1. The molecular formula is C16H18N2O3S. The van der Waals surface area contributed by atoms with Crippen LogP contribution in [0.1, 0.15) is 28.9 Å². The topological polar surface area (TPSA) is 75.3 Å². The minimum Gasteiger partial charge on any atom is -0.346 e. The molecule has 2 N–H and O–H groups in total. The van der Waals surface area contributed by atoms with E-state index >= 15 is 0 Å². The van der Waals surface area contributed by atoms with Crippen LogP contribution in [-0.2, 0) is 10.0 Å². The van der Waals surface area contributed by atoms with Crippen molar-refractivity contribution in [3.63, 3.8) is 0 Å². The van der Waals surface area contributed by atoms with Crippen LogP contribution >= 0.6 is 0 Å². The van der Waals surface area contributed by atoms with E-state index in [0.29, 0.717) is 5.56 Å². The number of hydrogen-bond acceptors (Lipinski definition) is 3. The second kappa shape index (κ2) is 6.72. The lowest BCUT2D eigenvalue weighted by Crippen LogP contribution is -2.27. The van der Waals surface area contributed by atoms with Gasteiger partial charge in [-0.2, -0.15) is 0 Å². The highest BCUT2D eigenvalue weighted by molar-refractivity contribution is 7.89. The van der Waals surface area contributed by atoms with E-state index in [0.717, 1.165) is 5.56 Å². The first-order chi connectivity index (χ1) is 10.4. The molecule has 6 heteroatoms. The maximum absolute atomic E-state index is 12.3. The molecule has 116 valence electrons. The van der Waals surface area contributed by atoms with Gasteiger partial charge in [-0.1, -0.05) is 36.4 Å². The van der Waals surface area contributed by atoms with Crippen LogP contribution in [0.15, 0.2) is 59.5 Å². The average Bonchev–Trinajstić information content (AvgIpc) is 2.55. The van der Waals surface area contributed by atoms with E-state index in [-0.39, 0.29) is 16.8 Å². The van der Waals surface area contributed by atoms with Crippen molar-refractivity contribution in [2.24, 2.45) is 0 Å². The summed E-state index contributed by atoms with van der Waals surface area (Å²) < 4.78 is 25.8. The van der Waals surface area contributed by atoms with Crippen molar-refractivity contribution < 1.29 is 13.2 Å². The van der Waals surface area contributed by atoms with Crippen LogP contribution in [-0.4, -0.2) is 21.4 Å². The molecule has 1 atom stereocenters. The van der Waals surface area contributed by atoms with Crippen molar-refractivity contribution in [1.29, 1.82) is 0 Å². The number of carbonyl (C=O) groups excluding carboxylic acids is 1. The molecule has 0 saturated carbocycles. The van der Waals surface area contributed by atoms with Gasteiger partial charge in [0.1, 0.15) is 0 Å². The monoisotopic (exact) mass is 318 g/mol. The van der Waals surface area contributed by atoms with E-state index in [1.807, 2.05) is 37.3 Å². The Morgan fingerprint density at radius 3 is 2.36 bits per heavy atom. The van der Waals surface area contributed by atoms with E-state index in [1.54, 1.807) is 12.1 Å². The van der Waals surface area contributed by atoms with Gasteiger partial charge in [0, 0.05) is 5.56 Å². The van der Waals surface area contributed by atoms with Gasteiger partial charge in [-0.25, -0.2) is 13.1 Å². The fourth-order valence-corrected chi connectivity index (χ4v) is 2.80. The molecule has 0 bridgehead atoms. The van der Waals surface area contributed by atoms with Crippen molar-refractivity contribution in [3.8, 4) is 0 Å². The van der Waals surface area contributed by atoms with Crippen molar-refractivity contribution in [2.45, 2.75) is 17.9 Å². The number of hydrogen-bond donors (Lipinski definition) is 2. The number of rotatable bonds is 5. The first kappa shape index (κ1) is 16.2. The molecule has 0 fully saturated rings. The Kier molecular flexibility index (Phi) is 4.95. The molecule has 5 nitrogen and oxygen atoms in total. The van der Waals surface area contributed by atoms with Gasteiger partial charge >= 0.3 is 0 Å². The van der Waals surface area contributed by atoms with Gasteiger partial charge in [-0.3, -0.25) is 4.79 Å². The number of carbonyl (C=O) groups is 1. The van der Waals surface area contributed by atoms with Gasteiger partial charge in [0.15, 0.2) is 0 Å². The summed E-state index contributed by atoms with van der Waals surface area (Å²) >= 11 is 0. The van der Waals surface area contributed by atoms with Crippen LogP contribution < -0.4 is 10.0 Å². The number of benzene rings is 2. The van der Waals surface area contributed by atoms with E-state index in [1.165, 1.54) is 19.2 Å². The molecule has 0 aromatic heterocycles. The van der Waals surface area contributed by atoms with Crippen LogP contribution in [0.3, 0.4) is 0 Å². The molecule has 22 heavy (non-hydrogen) atoms. The molecule has 1 amide bonds. The highest BCUT2D eigenvalue weighted by Crippen LogP contribution is 2.14. The Labute approximate surface area is 130 Å². The summed E-state index contributed by atoms with van der Waals surface area (Å²) in [5, 5.41) is 2.85. The zero-order valence-corrected chi connectivity index (χ0v) is 13.2. The first-order valence-corrected chi connectivity index (χ1v) is 8.32. The summed E-state index contributed by atoms with van der Waals surface area (Å²) in [7, 11) is -2.23. The van der Waals surface area contributed by atoms with Gasteiger partial charge in [0.05, 0.1) is 10.9 Å². The summed E-state index contributed by atoms with van der Waals surface area (Å²) in [4.78, 5) is 12.3. The molecule has 0 heterocycles. The predicted molar refractivity (Wildman–Crippen MR) is 85.0 cm³/mol. The van der Waals surface area contributed by atoms with Gasteiger partial charge in [-0.05, 0) is 37.7 Å². The Bertz CT molecular complexity index is 758. The summed E-state index contributed by atoms with van der Waals surface area (Å²) in [5.74, 6) is -0.315. The molecule has 0 aliphatic carbocycles. The molecule has 2 aromatic carbocycles. The zero-order chi connectivity index (χ0) is 16.2. The second-order valence-corrected chi connectivity index (χ2v) is 6.73. The van der Waals surface area contributed by atoms with Crippen LogP contribution in [0.2, 0.25) is 0 Å². The number of amides is 1. The van der Waals surface area contributed by atoms with Crippen molar-refractivity contribution in [2.75, 3.05) is 7.05 Å². The molecule has 0 aliphatic heterocycles. The Hall–Kier alpha value is -2.18. The van der Waals surface area contributed by atoms with Crippen LogP contribution in [0.25, 0.3) is 0 Å². The smallest absolute Gasteiger partial charge is 0.251 e. The Morgan fingerprint density at radius 2 is 1.73 bits per heavy atom. The second-order valence-electron chi connectivity index (χ2n) is 4.84. The Morgan fingerprint density at radius 1 is 1.05 bits per heavy atom. The molecule has 1 unspecified atom stereocenters. The van der Waals surface area contributed by atoms with Crippen molar-refractivity contribution in [1.82, 2.24) is 10.0 Å². The quantitative estimate of drug-likeness (QED) is 0.886. The summed E-state index contributed by atoms with van der Waals surface area (Å²) in [6.07, 6.45) is 0.